The molecule has 0 spiro atoms. The Morgan fingerprint density at radius 2 is 1.88 bits per heavy atom. The van der Waals surface area contributed by atoms with Crippen molar-refractivity contribution >= 4 is 22.7 Å². The SMILES string of the molecule is CCCCOC(=O)Nc1ccc(-c2c(C#N)c3ccc(OCCOC)cc3n2CC)cc1. The zero-order valence-electron chi connectivity index (χ0n) is 18.8. The van der Waals surface area contributed by atoms with Crippen LogP contribution in [-0.4, -0.2) is 37.6 Å². The molecular weight excluding hydrogens is 406 g/mol. The van der Waals surface area contributed by atoms with Gasteiger partial charge < -0.3 is 18.8 Å². The normalized spacial score (nSPS) is 10.7. The highest BCUT2D eigenvalue weighted by atomic mass is 16.5. The summed E-state index contributed by atoms with van der Waals surface area (Å²) in [6.07, 6.45) is 1.34. The molecule has 1 amide bonds. The van der Waals surface area contributed by atoms with Gasteiger partial charge in [0.1, 0.15) is 18.4 Å². The second-order valence-electron chi connectivity index (χ2n) is 7.29. The van der Waals surface area contributed by atoms with Gasteiger partial charge in [-0.25, -0.2) is 4.79 Å². The molecule has 0 aliphatic rings. The van der Waals surface area contributed by atoms with Gasteiger partial charge in [0.2, 0.25) is 0 Å². The highest BCUT2D eigenvalue weighted by Crippen LogP contribution is 2.35. The summed E-state index contributed by atoms with van der Waals surface area (Å²) in [6, 6.07) is 15.6. The molecule has 0 saturated heterocycles. The number of carbonyl (C=O) groups excluding carboxylic acids is 1. The van der Waals surface area contributed by atoms with Crippen molar-refractivity contribution in [1.29, 1.82) is 5.26 Å². The number of methoxy groups -OCH3 is 1. The summed E-state index contributed by atoms with van der Waals surface area (Å²) in [5, 5.41) is 13.5. The van der Waals surface area contributed by atoms with Crippen molar-refractivity contribution in [2.75, 3.05) is 32.2 Å². The second-order valence-corrected chi connectivity index (χ2v) is 7.29. The average Bonchev–Trinajstić information content (AvgIpc) is 3.12. The van der Waals surface area contributed by atoms with Crippen molar-refractivity contribution in [3.8, 4) is 23.1 Å². The van der Waals surface area contributed by atoms with E-state index >= 15 is 0 Å². The van der Waals surface area contributed by atoms with Gasteiger partial charge in [-0.3, -0.25) is 5.32 Å². The zero-order chi connectivity index (χ0) is 22.9. The van der Waals surface area contributed by atoms with Gasteiger partial charge in [-0.2, -0.15) is 5.26 Å². The van der Waals surface area contributed by atoms with Crippen LogP contribution in [0.5, 0.6) is 5.75 Å². The third-order valence-electron chi connectivity index (χ3n) is 5.16. The van der Waals surface area contributed by atoms with E-state index in [0.717, 1.165) is 40.8 Å². The molecule has 1 heterocycles. The van der Waals surface area contributed by atoms with Crippen LogP contribution in [0, 0.1) is 11.3 Å². The minimum atomic E-state index is -0.465. The summed E-state index contributed by atoms with van der Waals surface area (Å²) in [5.41, 5.74) is 3.94. The number of benzene rings is 2. The fourth-order valence-corrected chi connectivity index (χ4v) is 3.58. The Morgan fingerprint density at radius 3 is 2.53 bits per heavy atom. The maximum absolute atomic E-state index is 11.9. The summed E-state index contributed by atoms with van der Waals surface area (Å²) in [4.78, 5) is 11.9. The van der Waals surface area contributed by atoms with Crippen LogP contribution in [0.15, 0.2) is 42.5 Å². The number of rotatable bonds is 10. The number of aromatic nitrogens is 1. The Labute approximate surface area is 188 Å². The van der Waals surface area contributed by atoms with Crippen LogP contribution in [-0.2, 0) is 16.0 Å². The molecule has 0 atom stereocenters. The number of hydrogen-bond donors (Lipinski definition) is 1. The third kappa shape index (κ3) is 5.21. The zero-order valence-corrected chi connectivity index (χ0v) is 18.8. The van der Waals surface area contributed by atoms with Crippen molar-refractivity contribution in [2.45, 2.75) is 33.2 Å². The van der Waals surface area contributed by atoms with E-state index in [1.807, 2.05) is 56.3 Å². The van der Waals surface area contributed by atoms with Gasteiger partial charge in [0, 0.05) is 30.8 Å². The summed E-state index contributed by atoms with van der Waals surface area (Å²) in [7, 11) is 1.64. The Hall–Kier alpha value is -3.50. The van der Waals surface area contributed by atoms with Gasteiger partial charge in [0.25, 0.3) is 0 Å². The molecular formula is C25H29N3O4. The van der Waals surface area contributed by atoms with E-state index in [0.29, 0.717) is 37.6 Å². The molecule has 3 rings (SSSR count). The van der Waals surface area contributed by atoms with E-state index in [1.165, 1.54) is 0 Å². The van der Waals surface area contributed by atoms with Crippen LogP contribution in [0.1, 0.15) is 32.3 Å². The van der Waals surface area contributed by atoms with Crippen molar-refractivity contribution in [1.82, 2.24) is 4.57 Å². The fraction of sp³-hybridized carbons (Fsp3) is 0.360. The topological polar surface area (TPSA) is 85.5 Å². The van der Waals surface area contributed by atoms with Crippen LogP contribution in [0.2, 0.25) is 0 Å². The van der Waals surface area contributed by atoms with Crippen LogP contribution in [0.3, 0.4) is 0 Å². The quantitative estimate of drug-likeness (QED) is 0.421. The third-order valence-corrected chi connectivity index (χ3v) is 5.16. The van der Waals surface area contributed by atoms with Gasteiger partial charge in [-0.1, -0.05) is 25.5 Å². The minimum absolute atomic E-state index is 0.403. The number of carbonyl (C=O) groups is 1. The monoisotopic (exact) mass is 435 g/mol. The van der Waals surface area contributed by atoms with Gasteiger partial charge in [0.05, 0.1) is 30.0 Å². The molecule has 168 valence electrons. The van der Waals surface area contributed by atoms with E-state index in [2.05, 4.69) is 16.0 Å². The molecule has 2 aromatic carbocycles. The van der Waals surface area contributed by atoms with Crippen molar-refractivity contribution in [3.05, 3.63) is 48.0 Å². The van der Waals surface area contributed by atoms with Crippen molar-refractivity contribution in [2.24, 2.45) is 0 Å². The predicted molar refractivity (Wildman–Crippen MR) is 125 cm³/mol. The van der Waals surface area contributed by atoms with Crippen LogP contribution >= 0.6 is 0 Å². The number of unbranched alkanes of at least 4 members (excludes halogenated alkanes) is 1. The highest BCUT2D eigenvalue weighted by Gasteiger charge is 2.18. The fourth-order valence-electron chi connectivity index (χ4n) is 3.58. The van der Waals surface area contributed by atoms with E-state index in [9.17, 15) is 10.1 Å². The maximum Gasteiger partial charge on any atom is 0.411 e. The smallest absolute Gasteiger partial charge is 0.411 e. The van der Waals surface area contributed by atoms with Crippen molar-refractivity contribution in [3.63, 3.8) is 0 Å². The standard InChI is InChI=1S/C25H29N3O4/c1-4-6-13-32-25(29)27-19-9-7-18(8-10-19)24-22(17-26)21-12-11-20(31-15-14-30-3)16-23(21)28(24)5-2/h7-12,16H,4-6,13-15H2,1-3H3,(H,27,29). The molecule has 32 heavy (non-hydrogen) atoms. The van der Waals surface area contributed by atoms with E-state index in [-0.39, 0.29) is 0 Å². The van der Waals surface area contributed by atoms with Gasteiger partial charge in [0.15, 0.2) is 0 Å². The van der Waals surface area contributed by atoms with Crippen LogP contribution in [0.25, 0.3) is 22.2 Å². The Morgan fingerprint density at radius 1 is 1.09 bits per heavy atom. The molecule has 1 aromatic heterocycles. The first-order valence-electron chi connectivity index (χ1n) is 10.8. The molecule has 7 heteroatoms. The molecule has 0 fully saturated rings. The summed E-state index contributed by atoms with van der Waals surface area (Å²) in [6.45, 7) is 6.15. The Kier molecular flexibility index (Phi) is 8.12. The van der Waals surface area contributed by atoms with E-state index in [1.54, 1.807) is 7.11 Å². The summed E-state index contributed by atoms with van der Waals surface area (Å²) < 4.78 is 18.1. The molecule has 0 aliphatic heterocycles. The number of hydrogen-bond acceptors (Lipinski definition) is 5. The number of ether oxygens (including phenoxy) is 3. The molecule has 0 bridgehead atoms. The number of nitrogens with zero attached hydrogens (tertiary/aromatic N) is 2. The van der Waals surface area contributed by atoms with Gasteiger partial charge >= 0.3 is 6.09 Å². The average molecular weight is 436 g/mol. The predicted octanol–water partition coefficient (Wildman–Crippen LogP) is 5.57. The van der Waals surface area contributed by atoms with E-state index in [4.69, 9.17) is 14.2 Å². The Bertz CT molecular complexity index is 1100. The second kappa shape index (κ2) is 11.2. The molecule has 0 aliphatic carbocycles. The maximum atomic E-state index is 11.9. The summed E-state index contributed by atoms with van der Waals surface area (Å²) >= 11 is 0. The number of nitrogens with one attached hydrogen (secondary N) is 1. The number of nitriles is 1. The largest absolute Gasteiger partial charge is 0.491 e. The number of anilines is 1. The molecule has 0 unspecified atom stereocenters. The first-order chi connectivity index (χ1) is 15.6. The van der Waals surface area contributed by atoms with E-state index < -0.39 is 6.09 Å². The van der Waals surface area contributed by atoms with Gasteiger partial charge in [-0.05, 0) is 43.2 Å². The van der Waals surface area contributed by atoms with Crippen molar-refractivity contribution < 1.29 is 19.0 Å². The first-order valence-corrected chi connectivity index (χ1v) is 10.8. The number of amides is 1. The molecule has 3 aromatic rings. The lowest BCUT2D eigenvalue weighted by molar-refractivity contribution is 0.146. The van der Waals surface area contributed by atoms with Crippen LogP contribution in [0.4, 0.5) is 10.5 Å². The number of fused-ring (bicyclic) bond motifs is 1. The molecule has 7 nitrogen and oxygen atoms in total. The first kappa shape index (κ1) is 23.2. The lowest BCUT2D eigenvalue weighted by atomic mass is 10.1. The van der Waals surface area contributed by atoms with Crippen LogP contribution < -0.4 is 10.1 Å². The molecule has 1 N–H and O–H groups in total. The summed E-state index contributed by atoms with van der Waals surface area (Å²) in [5.74, 6) is 0.735. The minimum Gasteiger partial charge on any atom is -0.491 e. The van der Waals surface area contributed by atoms with Gasteiger partial charge in [-0.15, -0.1) is 0 Å². The Balaban J connectivity index is 1.90. The lowest BCUT2D eigenvalue weighted by Gasteiger charge is -2.11. The lowest BCUT2D eigenvalue weighted by Crippen LogP contribution is -2.14. The highest BCUT2D eigenvalue weighted by molar-refractivity contribution is 5.95. The molecule has 0 radical (unpaired) electrons. The molecule has 0 saturated carbocycles. The number of aryl methyl sites for hydroxylation is 1.